The summed E-state index contributed by atoms with van der Waals surface area (Å²) in [5.41, 5.74) is 0.0574. The molecular formula is C25H25ClN4O7. The zero-order valence-corrected chi connectivity index (χ0v) is 20.9. The van der Waals surface area contributed by atoms with Crippen LogP contribution in [0.1, 0.15) is 57.6 Å². The molecule has 194 valence electrons. The van der Waals surface area contributed by atoms with Gasteiger partial charge in [0.2, 0.25) is 0 Å². The lowest BCUT2D eigenvalue weighted by Gasteiger charge is -2.13. The lowest BCUT2D eigenvalue weighted by molar-refractivity contribution is -0.385. The minimum absolute atomic E-state index is 0.0300. The van der Waals surface area contributed by atoms with Crippen LogP contribution in [-0.2, 0) is 28.9 Å². The van der Waals surface area contributed by atoms with Gasteiger partial charge in [0, 0.05) is 24.7 Å². The number of benzene rings is 2. The molecular weight excluding hydrogens is 504 g/mol. The van der Waals surface area contributed by atoms with Gasteiger partial charge in [-0.2, -0.15) is 0 Å². The first-order valence-corrected chi connectivity index (χ1v) is 11.8. The third-order valence-corrected chi connectivity index (χ3v) is 5.95. The minimum atomic E-state index is -1.58. The first kappa shape index (κ1) is 27.3. The number of hydrogen-bond donors (Lipinski definition) is 2. The maximum absolute atomic E-state index is 12.7. The monoisotopic (exact) mass is 528 g/mol. The summed E-state index contributed by atoms with van der Waals surface area (Å²) in [6.45, 7) is 2.43. The Morgan fingerprint density at radius 2 is 1.89 bits per heavy atom. The van der Waals surface area contributed by atoms with Crippen molar-refractivity contribution in [1.82, 2.24) is 9.55 Å². The Kier molecular flexibility index (Phi) is 8.96. The van der Waals surface area contributed by atoms with Gasteiger partial charge in [-0.05, 0) is 30.2 Å². The standard InChI is InChI=1S/C25H25ClN4O7/c1-3-4-8-20-28-23(26)19(13-21(31)37-2)29(20)14-15-9-11-16(12-10-15)27-24(32)17-6-5-7-18(30(35)36)22(17)25(33)34/h5-7,9-12H,3-4,8,13-14H2,1-2H3,(H,27,32)(H,33,34). The highest BCUT2D eigenvalue weighted by atomic mass is 35.5. The van der Waals surface area contributed by atoms with Crippen LogP contribution in [0.2, 0.25) is 5.15 Å². The molecule has 0 saturated heterocycles. The highest BCUT2D eigenvalue weighted by Crippen LogP contribution is 2.25. The highest BCUT2D eigenvalue weighted by molar-refractivity contribution is 6.30. The molecule has 1 heterocycles. The van der Waals surface area contributed by atoms with Gasteiger partial charge in [0.1, 0.15) is 11.4 Å². The Hall–Kier alpha value is -4.25. The Morgan fingerprint density at radius 1 is 1.19 bits per heavy atom. The molecule has 1 amide bonds. The van der Waals surface area contributed by atoms with E-state index in [0.717, 1.165) is 30.3 Å². The number of anilines is 1. The second-order valence-electron chi connectivity index (χ2n) is 8.12. The minimum Gasteiger partial charge on any atom is -0.477 e. The molecule has 37 heavy (non-hydrogen) atoms. The number of methoxy groups -OCH3 is 1. The van der Waals surface area contributed by atoms with E-state index >= 15 is 0 Å². The van der Waals surface area contributed by atoms with Crippen molar-refractivity contribution >= 4 is 40.8 Å². The number of halogens is 1. The number of nitro groups is 1. The van der Waals surface area contributed by atoms with Crippen molar-refractivity contribution in [2.24, 2.45) is 0 Å². The molecule has 1 aromatic heterocycles. The number of nitro benzene ring substituents is 1. The van der Waals surface area contributed by atoms with Crippen molar-refractivity contribution in [1.29, 1.82) is 0 Å². The molecule has 3 rings (SSSR count). The fourth-order valence-electron chi connectivity index (χ4n) is 3.78. The molecule has 0 aliphatic carbocycles. The molecule has 12 heteroatoms. The second kappa shape index (κ2) is 12.1. The van der Waals surface area contributed by atoms with Crippen LogP contribution in [-0.4, -0.2) is 44.5 Å². The smallest absolute Gasteiger partial charge is 0.343 e. The summed E-state index contributed by atoms with van der Waals surface area (Å²) in [5.74, 6) is -2.06. The molecule has 0 unspecified atom stereocenters. The molecule has 0 bridgehead atoms. The number of amides is 1. The van der Waals surface area contributed by atoms with Gasteiger partial charge >= 0.3 is 11.9 Å². The van der Waals surface area contributed by atoms with Crippen LogP contribution < -0.4 is 5.32 Å². The maximum atomic E-state index is 12.7. The summed E-state index contributed by atoms with van der Waals surface area (Å²) in [5, 5.41) is 23.4. The SMILES string of the molecule is CCCCc1nc(Cl)c(CC(=O)OC)n1Cc1ccc(NC(=O)c2cccc([N+](=O)[O-])c2C(=O)O)cc1. The number of carboxylic acids is 1. The number of unbranched alkanes of at least 4 members (excludes halogenated alkanes) is 1. The number of imidazole rings is 1. The molecule has 2 N–H and O–H groups in total. The van der Waals surface area contributed by atoms with E-state index in [9.17, 15) is 29.6 Å². The Balaban J connectivity index is 1.84. The summed E-state index contributed by atoms with van der Waals surface area (Å²) in [6, 6.07) is 10.2. The van der Waals surface area contributed by atoms with E-state index in [4.69, 9.17) is 16.3 Å². The average Bonchev–Trinajstić information content (AvgIpc) is 3.16. The predicted octanol–water partition coefficient (Wildman–Crippen LogP) is 4.50. The van der Waals surface area contributed by atoms with Gasteiger partial charge in [0.05, 0.1) is 29.7 Å². The number of ether oxygens (including phenoxy) is 1. The van der Waals surface area contributed by atoms with Crippen molar-refractivity contribution in [2.75, 3.05) is 12.4 Å². The summed E-state index contributed by atoms with van der Waals surface area (Å²) >= 11 is 6.33. The lowest BCUT2D eigenvalue weighted by Crippen LogP contribution is -2.18. The van der Waals surface area contributed by atoms with Crippen molar-refractivity contribution in [2.45, 2.75) is 39.2 Å². The number of aryl methyl sites for hydroxylation is 1. The van der Waals surface area contributed by atoms with Crippen molar-refractivity contribution in [3.05, 3.63) is 85.9 Å². The van der Waals surface area contributed by atoms with Gasteiger partial charge in [-0.3, -0.25) is 19.7 Å². The van der Waals surface area contributed by atoms with Crippen LogP contribution in [0, 0.1) is 10.1 Å². The van der Waals surface area contributed by atoms with Gasteiger partial charge in [-0.15, -0.1) is 0 Å². The number of aromatic carboxylic acids is 1. The van der Waals surface area contributed by atoms with Crippen molar-refractivity contribution < 1.29 is 29.2 Å². The number of carbonyl (C=O) groups excluding carboxylic acids is 2. The average molecular weight is 529 g/mol. The summed E-state index contributed by atoms with van der Waals surface area (Å²) < 4.78 is 6.66. The first-order valence-electron chi connectivity index (χ1n) is 11.4. The Labute approximate surface area is 217 Å². The van der Waals surface area contributed by atoms with Gasteiger partial charge in [0.25, 0.3) is 11.6 Å². The number of hydrogen-bond acceptors (Lipinski definition) is 7. The van der Waals surface area contributed by atoms with Gasteiger partial charge in [0.15, 0.2) is 5.15 Å². The largest absolute Gasteiger partial charge is 0.477 e. The summed E-state index contributed by atoms with van der Waals surface area (Å²) in [4.78, 5) is 51.0. The molecule has 0 atom stereocenters. The van der Waals surface area contributed by atoms with Crippen LogP contribution >= 0.6 is 11.6 Å². The van der Waals surface area contributed by atoms with E-state index in [-0.39, 0.29) is 17.1 Å². The third kappa shape index (κ3) is 6.50. The number of esters is 1. The highest BCUT2D eigenvalue weighted by Gasteiger charge is 2.27. The Morgan fingerprint density at radius 3 is 2.49 bits per heavy atom. The third-order valence-electron chi connectivity index (χ3n) is 5.65. The van der Waals surface area contributed by atoms with E-state index < -0.39 is 34.0 Å². The van der Waals surface area contributed by atoms with E-state index in [1.165, 1.54) is 19.2 Å². The fraction of sp³-hybridized carbons (Fsp3) is 0.280. The fourth-order valence-corrected chi connectivity index (χ4v) is 4.04. The van der Waals surface area contributed by atoms with Gasteiger partial charge in [-0.25, -0.2) is 9.78 Å². The molecule has 11 nitrogen and oxygen atoms in total. The normalized spacial score (nSPS) is 10.7. The van der Waals surface area contributed by atoms with E-state index in [2.05, 4.69) is 17.2 Å². The van der Waals surface area contributed by atoms with Crippen molar-refractivity contribution in [3.63, 3.8) is 0 Å². The number of carbonyl (C=O) groups is 3. The van der Waals surface area contributed by atoms with E-state index in [1.807, 2.05) is 4.57 Å². The zero-order valence-electron chi connectivity index (χ0n) is 20.2. The molecule has 0 radical (unpaired) electrons. The first-order chi connectivity index (χ1) is 17.7. The molecule has 0 aliphatic heterocycles. The molecule has 2 aromatic carbocycles. The number of carboxylic acid groups (broad SMARTS) is 1. The molecule has 0 fully saturated rings. The van der Waals surface area contributed by atoms with Gasteiger partial charge in [-0.1, -0.05) is 43.1 Å². The number of rotatable bonds is 11. The lowest BCUT2D eigenvalue weighted by atomic mass is 10.0. The van der Waals surface area contributed by atoms with E-state index in [0.29, 0.717) is 24.3 Å². The quantitative estimate of drug-likeness (QED) is 0.209. The van der Waals surface area contributed by atoms with E-state index in [1.54, 1.807) is 24.3 Å². The van der Waals surface area contributed by atoms with Gasteiger partial charge < -0.3 is 19.7 Å². The van der Waals surface area contributed by atoms with Crippen LogP contribution in [0.3, 0.4) is 0 Å². The van der Waals surface area contributed by atoms with Crippen molar-refractivity contribution in [3.8, 4) is 0 Å². The van der Waals surface area contributed by atoms with Crippen LogP contribution in [0.5, 0.6) is 0 Å². The molecule has 0 saturated carbocycles. The summed E-state index contributed by atoms with van der Waals surface area (Å²) in [7, 11) is 1.30. The predicted molar refractivity (Wildman–Crippen MR) is 135 cm³/mol. The van der Waals surface area contributed by atoms with Crippen LogP contribution in [0.25, 0.3) is 0 Å². The zero-order chi connectivity index (χ0) is 27.1. The molecule has 3 aromatic rings. The summed E-state index contributed by atoms with van der Waals surface area (Å²) in [6.07, 6.45) is 2.50. The number of nitrogens with zero attached hydrogens (tertiary/aromatic N) is 3. The number of nitrogens with one attached hydrogen (secondary N) is 1. The van der Waals surface area contributed by atoms with Crippen LogP contribution in [0.15, 0.2) is 42.5 Å². The molecule has 0 aliphatic rings. The Bertz CT molecular complexity index is 1340. The second-order valence-corrected chi connectivity index (χ2v) is 8.48. The van der Waals surface area contributed by atoms with Crippen LogP contribution in [0.4, 0.5) is 11.4 Å². The maximum Gasteiger partial charge on any atom is 0.343 e. The number of aromatic nitrogens is 2. The molecule has 0 spiro atoms. The topological polar surface area (TPSA) is 154 Å².